The Kier molecular flexibility index (Phi) is 14.8. The van der Waals surface area contributed by atoms with E-state index in [-0.39, 0.29) is 23.0 Å². The van der Waals surface area contributed by atoms with Crippen LogP contribution in [0.1, 0.15) is 33.6 Å². The molecule has 2 unspecified atom stereocenters. The van der Waals surface area contributed by atoms with Gasteiger partial charge in [0.15, 0.2) is 11.7 Å². The summed E-state index contributed by atoms with van der Waals surface area (Å²) in [5.41, 5.74) is -0.0562. The lowest BCUT2D eigenvalue weighted by Gasteiger charge is -2.15. The van der Waals surface area contributed by atoms with Gasteiger partial charge in [-0.1, -0.05) is 58.1 Å². The van der Waals surface area contributed by atoms with E-state index in [0.717, 1.165) is 6.08 Å². The van der Waals surface area contributed by atoms with Crippen LogP contribution in [0.4, 0.5) is 13.2 Å². The normalized spacial score (nSPS) is 13.3. The highest BCUT2D eigenvalue weighted by Crippen LogP contribution is 2.29. The Labute approximate surface area is 173 Å². The Hall–Kier alpha value is -2.87. The van der Waals surface area contributed by atoms with Gasteiger partial charge in [-0.25, -0.2) is 8.78 Å². The molecule has 0 aromatic carbocycles. The van der Waals surface area contributed by atoms with Crippen molar-refractivity contribution in [3.8, 4) is 11.8 Å². The summed E-state index contributed by atoms with van der Waals surface area (Å²) in [6, 6.07) is 0. The number of ether oxygens (including phenoxy) is 1. The van der Waals surface area contributed by atoms with E-state index < -0.39 is 29.0 Å². The Morgan fingerprint density at radius 1 is 1.07 bits per heavy atom. The molecule has 1 N–H and O–H groups in total. The summed E-state index contributed by atoms with van der Waals surface area (Å²) < 4.78 is 45.8. The summed E-state index contributed by atoms with van der Waals surface area (Å²) in [5.74, 6) is 1.12. The average molecular weight is 409 g/mol. The molecule has 0 aliphatic carbocycles. The molecule has 5 heteroatoms. The van der Waals surface area contributed by atoms with Crippen LogP contribution in [-0.2, 0) is 4.74 Å². The molecule has 0 aliphatic rings. The van der Waals surface area contributed by atoms with E-state index in [1.165, 1.54) is 7.11 Å². The number of hydrogen-bond acceptors (Lipinski definition) is 2. The summed E-state index contributed by atoms with van der Waals surface area (Å²) in [6.45, 7) is 22.3. The fraction of sp³-hybridized carbons (Fsp3) is 0.333. The third-order valence-electron chi connectivity index (χ3n) is 3.64. The van der Waals surface area contributed by atoms with E-state index >= 15 is 0 Å². The molecule has 0 spiro atoms. The van der Waals surface area contributed by atoms with Crippen molar-refractivity contribution in [1.82, 2.24) is 0 Å². The van der Waals surface area contributed by atoms with Gasteiger partial charge in [-0.2, -0.15) is 4.39 Å². The van der Waals surface area contributed by atoms with E-state index in [2.05, 4.69) is 49.5 Å². The molecule has 2 nitrogen and oxygen atoms in total. The number of halogens is 3. The summed E-state index contributed by atoms with van der Waals surface area (Å²) in [4.78, 5) is 0. The third-order valence-corrected chi connectivity index (χ3v) is 3.64. The first-order chi connectivity index (χ1) is 13.4. The topological polar surface area (TPSA) is 29.5 Å². The zero-order chi connectivity index (χ0) is 23.1. The van der Waals surface area contributed by atoms with Crippen LogP contribution in [0.3, 0.4) is 0 Å². The van der Waals surface area contributed by atoms with Crippen molar-refractivity contribution in [3.63, 3.8) is 0 Å². The van der Waals surface area contributed by atoms with Crippen molar-refractivity contribution in [2.75, 3.05) is 7.11 Å². The first-order valence-electron chi connectivity index (χ1n) is 8.93. The lowest BCUT2D eigenvalue weighted by atomic mass is 9.92. The van der Waals surface area contributed by atoms with Crippen LogP contribution in [0.25, 0.3) is 0 Å². The van der Waals surface area contributed by atoms with Crippen LogP contribution >= 0.6 is 0 Å². The summed E-state index contributed by atoms with van der Waals surface area (Å²) in [5, 5.41) is 8.90. The third kappa shape index (κ3) is 12.2. The maximum absolute atomic E-state index is 14.0. The Bertz CT molecular complexity index is 746. The number of methoxy groups -OCH3 is 1. The van der Waals surface area contributed by atoms with Gasteiger partial charge in [-0.15, -0.1) is 6.58 Å². The predicted octanol–water partition coefficient (Wildman–Crippen LogP) is 7.58. The summed E-state index contributed by atoms with van der Waals surface area (Å²) in [7, 11) is 1.20. The molecule has 0 fully saturated rings. The molecule has 0 aromatic heterocycles. The van der Waals surface area contributed by atoms with E-state index in [1.807, 2.05) is 13.8 Å². The summed E-state index contributed by atoms with van der Waals surface area (Å²) in [6.07, 6.45) is 3.65. The smallest absolute Gasteiger partial charge is 0.200 e. The van der Waals surface area contributed by atoms with E-state index in [1.54, 1.807) is 13.0 Å². The SMILES string of the molecule is C=C(O)/C=C(/F)C(=C)C#CC(C)CCC(C)C(=C)/C(F)=C(/F)C(=C)OC.C=CC. The van der Waals surface area contributed by atoms with Crippen LogP contribution in [0, 0.1) is 23.7 Å². The highest BCUT2D eigenvalue weighted by molar-refractivity contribution is 5.42. The van der Waals surface area contributed by atoms with Crippen LogP contribution in [-0.4, -0.2) is 12.2 Å². The monoisotopic (exact) mass is 408 g/mol. The maximum Gasteiger partial charge on any atom is 0.200 e. The standard InChI is InChI=1S/C21H25F3O2.C3H6/c1-13(9-11-15(3)19(22)12-16(4)25)8-10-14(2)17(5)20(23)21(24)18(6)26-7;1-3-2/h12-14,25H,3-6,8,10H2,1-2,7H3;3H,1H2,2H3/b19-12+,21-20-;. The number of aliphatic hydroxyl groups is 1. The molecule has 0 amide bonds. The first-order valence-corrected chi connectivity index (χ1v) is 8.93. The van der Waals surface area contributed by atoms with Gasteiger partial charge in [-0.3, -0.25) is 0 Å². The van der Waals surface area contributed by atoms with Gasteiger partial charge in [0.2, 0.25) is 0 Å². The number of aliphatic hydroxyl groups excluding tert-OH is 1. The minimum absolute atomic E-state index is 0.0145. The highest BCUT2D eigenvalue weighted by atomic mass is 19.2. The fourth-order valence-corrected chi connectivity index (χ4v) is 1.82. The van der Waals surface area contributed by atoms with Crippen LogP contribution in [0.2, 0.25) is 0 Å². The molecule has 0 radical (unpaired) electrons. The molecule has 0 bridgehead atoms. The molecule has 0 aromatic rings. The Morgan fingerprint density at radius 2 is 1.59 bits per heavy atom. The zero-order valence-corrected chi connectivity index (χ0v) is 17.7. The molecule has 29 heavy (non-hydrogen) atoms. The van der Waals surface area contributed by atoms with Crippen molar-refractivity contribution in [3.05, 3.63) is 85.2 Å². The molecule has 0 saturated heterocycles. The van der Waals surface area contributed by atoms with E-state index in [0.29, 0.717) is 12.8 Å². The maximum atomic E-state index is 14.0. The van der Waals surface area contributed by atoms with Crippen LogP contribution in [0.5, 0.6) is 0 Å². The van der Waals surface area contributed by atoms with Gasteiger partial charge in [-0.05, 0) is 31.3 Å². The van der Waals surface area contributed by atoms with Crippen LogP contribution < -0.4 is 0 Å². The number of allylic oxidation sites excluding steroid dienone is 7. The molecule has 2 atom stereocenters. The highest BCUT2D eigenvalue weighted by Gasteiger charge is 2.18. The number of hydrogen-bond donors (Lipinski definition) is 1. The van der Waals surface area contributed by atoms with Crippen LogP contribution in [0.15, 0.2) is 85.2 Å². The van der Waals surface area contributed by atoms with Gasteiger partial charge in [0, 0.05) is 12.0 Å². The quantitative estimate of drug-likeness (QED) is 0.184. The van der Waals surface area contributed by atoms with Gasteiger partial charge < -0.3 is 9.84 Å². The molecule has 0 saturated carbocycles. The minimum Gasteiger partial charge on any atom is -0.508 e. The zero-order valence-electron chi connectivity index (χ0n) is 17.7. The molecular formula is C24H31F3O2. The fourth-order valence-electron chi connectivity index (χ4n) is 1.82. The average Bonchev–Trinajstić information content (AvgIpc) is 2.67. The van der Waals surface area contributed by atoms with Crippen molar-refractivity contribution in [2.45, 2.75) is 33.6 Å². The van der Waals surface area contributed by atoms with Crippen molar-refractivity contribution < 1.29 is 23.0 Å². The van der Waals surface area contributed by atoms with Crippen molar-refractivity contribution >= 4 is 0 Å². The Morgan fingerprint density at radius 3 is 2.03 bits per heavy atom. The lowest BCUT2D eigenvalue weighted by molar-refractivity contribution is 0.280. The molecule has 0 heterocycles. The largest absolute Gasteiger partial charge is 0.508 e. The molecular weight excluding hydrogens is 377 g/mol. The van der Waals surface area contributed by atoms with Crippen molar-refractivity contribution in [1.29, 1.82) is 0 Å². The second kappa shape index (κ2) is 15.1. The first kappa shape index (κ1) is 28.3. The number of rotatable bonds is 9. The second-order valence-corrected chi connectivity index (χ2v) is 6.30. The minimum atomic E-state index is -1.17. The van der Waals surface area contributed by atoms with E-state index in [4.69, 9.17) is 5.11 Å². The molecule has 160 valence electrons. The second-order valence-electron chi connectivity index (χ2n) is 6.30. The lowest BCUT2D eigenvalue weighted by Crippen LogP contribution is -2.04. The Balaban J connectivity index is 0. The van der Waals surface area contributed by atoms with E-state index in [9.17, 15) is 13.2 Å². The molecule has 0 rings (SSSR count). The van der Waals surface area contributed by atoms with Crippen molar-refractivity contribution in [2.24, 2.45) is 11.8 Å². The predicted molar refractivity (Wildman–Crippen MR) is 116 cm³/mol. The molecule has 0 aliphatic heterocycles. The van der Waals surface area contributed by atoms with Gasteiger partial charge in [0.25, 0.3) is 0 Å². The van der Waals surface area contributed by atoms with Gasteiger partial charge >= 0.3 is 0 Å². The summed E-state index contributed by atoms with van der Waals surface area (Å²) >= 11 is 0. The van der Waals surface area contributed by atoms with Gasteiger partial charge in [0.05, 0.1) is 12.7 Å². The van der Waals surface area contributed by atoms with Gasteiger partial charge in [0.1, 0.15) is 17.3 Å².